The standard InChI is InChI=1S/C25H33N2O2/c1-28-25-19-21(10-11-23(25)20-27-14-6-7-15-27)18-22-8-2-3-9-24(22)29-17-16-26-12-4-5-13-26/h2-3,9-11,19H,4-7,12-18,20H2,1H3. The van der Waals surface area contributed by atoms with Crippen LogP contribution in [0.25, 0.3) is 0 Å². The highest BCUT2D eigenvalue weighted by Gasteiger charge is 2.15. The molecule has 0 atom stereocenters. The Hall–Kier alpha value is -2.04. The second-order valence-corrected chi connectivity index (χ2v) is 8.22. The van der Waals surface area contributed by atoms with Gasteiger partial charge in [-0.1, -0.05) is 24.3 Å². The van der Waals surface area contributed by atoms with E-state index in [1.54, 1.807) is 7.11 Å². The van der Waals surface area contributed by atoms with E-state index in [2.05, 4.69) is 40.1 Å². The Morgan fingerprint density at radius 2 is 1.69 bits per heavy atom. The smallest absolute Gasteiger partial charge is 0.123 e. The Bertz CT molecular complexity index is 780. The van der Waals surface area contributed by atoms with Gasteiger partial charge in [0.15, 0.2) is 0 Å². The van der Waals surface area contributed by atoms with E-state index in [1.807, 2.05) is 12.1 Å². The zero-order chi connectivity index (χ0) is 19.9. The van der Waals surface area contributed by atoms with Gasteiger partial charge in [0.25, 0.3) is 0 Å². The van der Waals surface area contributed by atoms with Crippen molar-refractivity contribution in [1.82, 2.24) is 9.80 Å². The lowest BCUT2D eigenvalue weighted by atomic mass is 10.0. The van der Waals surface area contributed by atoms with Crippen LogP contribution in [0.2, 0.25) is 0 Å². The maximum atomic E-state index is 6.13. The van der Waals surface area contributed by atoms with Gasteiger partial charge in [-0.05, 0) is 75.6 Å². The van der Waals surface area contributed by atoms with Crippen LogP contribution in [0.3, 0.4) is 0 Å². The van der Waals surface area contributed by atoms with Gasteiger partial charge in [0.05, 0.1) is 7.11 Å². The molecule has 2 aliphatic heterocycles. The van der Waals surface area contributed by atoms with Crippen LogP contribution in [-0.4, -0.2) is 56.2 Å². The lowest BCUT2D eigenvalue weighted by Gasteiger charge is -2.18. The third-order valence-electron chi connectivity index (χ3n) is 6.09. The summed E-state index contributed by atoms with van der Waals surface area (Å²) in [6, 6.07) is 16.1. The summed E-state index contributed by atoms with van der Waals surface area (Å²) >= 11 is 0. The molecule has 1 radical (unpaired) electrons. The summed E-state index contributed by atoms with van der Waals surface area (Å²) in [5, 5.41) is 0. The van der Waals surface area contributed by atoms with Crippen molar-refractivity contribution in [2.24, 2.45) is 0 Å². The van der Waals surface area contributed by atoms with Gasteiger partial charge in [0.1, 0.15) is 18.1 Å². The average molecular weight is 394 g/mol. The fraction of sp³-hybridized carbons (Fsp3) is 0.520. The van der Waals surface area contributed by atoms with Crippen molar-refractivity contribution in [2.45, 2.75) is 38.6 Å². The zero-order valence-electron chi connectivity index (χ0n) is 17.7. The number of methoxy groups -OCH3 is 1. The van der Waals surface area contributed by atoms with Crippen molar-refractivity contribution in [3.63, 3.8) is 0 Å². The SMILES string of the molecule is COc1cc(Cc2[c]cccc2OCCN2CCCC2)ccc1CN1CCCC1. The first-order chi connectivity index (χ1) is 14.3. The minimum Gasteiger partial charge on any atom is -0.496 e. The maximum absolute atomic E-state index is 6.13. The molecule has 2 aliphatic rings. The fourth-order valence-electron chi connectivity index (χ4n) is 4.44. The molecule has 0 aromatic heterocycles. The molecule has 2 saturated heterocycles. The number of ether oxygens (including phenoxy) is 2. The van der Waals surface area contributed by atoms with Crippen LogP contribution in [0.5, 0.6) is 11.5 Å². The molecular weight excluding hydrogens is 360 g/mol. The van der Waals surface area contributed by atoms with Crippen LogP contribution in [0, 0.1) is 6.07 Å². The first-order valence-electron chi connectivity index (χ1n) is 11.0. The number of benzene rings is 2. The lowest BCUT2D eigenvalue weighted by molar-refractivity contribution is 0.236. The second-order valence-electron chi connectivity index (χ2n) is 8.22. The summed E-state index contributed by atoms with van der Waals surface area (Å²) in [7, 11) is 1.77. The molecule has 155 valence electrons. The Kier molecular flexibility index (Phi) is 7.07. The maximum Gasteiger partial charge on any atom is 0.123 e. The summed E-state index contributed by atoms with van der Waals surface area (Å²) in [5.41, 5.74) is 3.62. The molecule has 2 heterocycles. The van der Waals surface area contributed by atoms with Gasteiger partial charge in [0, 0.05) is 30.6 Å². The van der Waals surface area contributed by atoms with Crippen molar-refractivity contribution in [2.75, 3.05) is 46.4 Å². The van der Waals surface area contributed by atoms with Crippen molar-refractivity contribution in [3.05, 3.63) is 59.2 Å². The van der Waals surface area contributed by atoms with Crippen molar-refractivity contribution in [3.8, 4) is 11.5 Å². The monoisotopic (exact) mass is 393 g/mol. The zero-order valence-corrected chi connectivity index (χ0v) is 17.7. The number of hydrogen-bond donors (Lipinski definition) is 0. The van der Waals surface area contributed by atoms with Gasteiger partial charge in [0.2, 0.25) is 0 Å². The minimum atomic E-state index is 0.739. The third kappa shape index (κ3) is 5.52. The molecule has 2 aromatic carbocycles. The highest BCUT2D eigenvalue weighted by Crippen LogP contribution is 2.27. The molecule has 0 bridgehead atoms. The predicted molar refractivity (Wildman–Crippen MR) is 117 cm³/mol. The van der Waals surface area contributed by atoms with Crippen LogP contribution in [0.4, 0.5) is 0 Å². The van der Waals surface area contributed by atoms with Crippen molar-refractivity contribution in [1.29, 1.82) is 0 Å². The molecule has 0 aliphatic carbocycles. The normalized spacial score (nSPS) is 17.7. The van der Waals surface area contributed by atoms with Gasteiger partial charge >= 0.3 is 0 Å². The predicted octanol–water partition coefficient (Wildman–Crippen LogP) is 4.16. The Balaban J connectivity index is 1.40. The van der Waals surface area contributed by atoms with E-state index in [0.717, 1.165) is 43.2 Å². The lowest BCUT2D eigenvalue weighted by Crippen LogP contribution is -2.25. The molecule has 0 unspecified atom stereocenters. The Labute approximate surface area is 175 Å². The summed E-state index contributed by atoms with van der Waals surface area (Å²) in [4.78, 5) is 4.99. The Morgan fingerprint density at radius 1 is 0.931 bits per heavy atom. The van der Waals surface area contributed by atoms with Gasteiger partial charge in [-0.2, -0.15) is 0 Å². The fourth-order valence-corrected chi connectivity index (χ4v) is 4.44. The highest BCUT2D eigenvalue weighted by atomic mass is 16.5. The number of likely N-dealkylation sites (tertiary alicyclic amines) is 2. The topological polar surface area (TPSA) is 24.9 Å². The van der Waals surface area contributed by atoms with E-state index >= 15 is 0 Å². The highest BCUT2D eigenvalue weighted by molar-refractivity contribution is 5.42. The van der Waals surface area contributed by atoms with Crippen molar-refractivity contribution >= 4 is 0 Å². The summed E-state index contributed by atoms with van der Waals surface area (Å²) in [6.07, 6.45) is 6.07. The Morgan fingerprint density at radius 3 is 2.45 bits per heavy atom. The summed E-state index contributed by atoms with van der Waals surface area (Å²) < 4.78 is 11.8. The first kappa shape index (κ1) is 20.2. The van der Waals surface area contributed by atoms with Gasteiger partial charge in [-0.15, -0.1) is 0 Å². The summed E-state index contributed by atoms with van der Waals surface area (Å²) in [6.45, 7) is 7.54. The molecule has 4 nitrogen and oxygen atoms in total. The van der Waals surface area contributed by atoms with E-state index in [9.17, 15) is 0 Å². The molecule has 0 spiro atoms. The van der Waals surface area contributed by atoms with E-state index < -0.39 is 0 Å². The molecule has 29 heavy (non-hydrogen) atoms. The van der Waals surface area contributed by atoms with Crippen molar-refractivity contribution < 1.29 is 9.47 Å². The molecule has 0 saturated carbocycles. The molecule has 0 amide bonds. The van der Waals surface area contributed by atoms with Crippen LogP contribution < -0.4 is 9.47 Å². The van der Waals surface area contributed by atoms with E-state index in [0.29, 0.717) is 0 Å². The van der Waals surface area contributed by atoms with Gasteiger partial charge in [-0.3, -0.25) is 9.80 Å². The van der Waals surface area contributed by atoms with Crippen LogP contribution >= 0.6 is 0 Å². The summed E-state index contributed by atoms with van der Waals surface area (Å²) in [5.74, 6) is 1.94. The molecule has 2 fully saturated rings. The van der Waals surface area contributed by atoms with Crippen LogP contribution in [0.15, 0.2) is 36.4 Å². The quantitative estimate of drug-likeness (QED) is 0.639. The van der Waals surface area contributed by atoms with E-state index in [1.165, 1.54) is 63.0 Å². The molecular formula is C25H33N2O2. The molecule has 0 N–H and O–H groups in total. The molecule has 2 aromatic rings. The van der Waals surface area contributed by atoms with Crippen LogP contribution in [0.1, 0.15) is 42.4 Å². The van der Waals surface area contributed by atoms with E-state index in [-0.39, 0.29) is 0 Å². The van der Waals surface area contributed by atoms with E-state index in [4.69, 9.17) is 9.47 Å². The number of hydrogen-bond acceptors (Lipinski definition) is 4. The third-order valence-corrected chi connectivity index (χ3v) is 6.09. The van der Waals surface area contributed by atoms with Crippen LogP contribution in [-0.2, 0) is 13.0 Å². The average Bonchev–Trinajstić information content (AvgIpc) is 3.45. The number of rotatable bonds is 9. The van der Waals surface area contributed by atoms with Gasteiger partial charge in [-0.25, -0.2) is 0 Å². The largest absolute Gasteiger partial charge is 0.496 e. The molecule has 4 heteroatoms. The minimum absolute atomic E-state index is 0.739. The molecule has 4 rings (SSSR count). The first-order valence-corrected chi connectivity index (χ1v) is 11.0. The number of nitrogens with zero attached hydrogens (tertiary/aromatic N) is 2. The van der Waals surface area contributed by atoms with Gasteiger partial charge < -0.3 is 9.47 Å². The second kappa shape index (κ2) is 10.1.